The van der Waals surface area contributed by atoms with Gasteiger partial charge in [0.15, 0.2) is 0 Å². The highest BCUT2D eigenvalue weighted by molar-refractivity contribution is 9.10. The van der Waals surface area contributed by atoms with Gasteiger partial charge in [0.25, 0.3) is 5.91 Å². The SMILES string of the molecule is Cc1ccc(Br)cc1C(=O)NCCC1CCC1. The molecule has 1 amide bonds. The van der Waals surface area contributed by atoms with Gasteiger partial charge in [-0.1, -0.05) is 41.3 Å². The van der Waals surface area contributed by atoms with Crippen molar-refractivity contribution in [2.45, 2.75) is 32.6 Å². The normalized spacial score (nSPS) is 15.4. The van der Waals surface area contributed by atoms with Gasteiger partial charge in [-0.2, -0.15) is 0 Å². The van der Waals surface area contributed by atoms with Crippen molar-refractivity contribution in [1.82, 2.24) is 5.32 Å². The summed E-state index contributed by atoms with van der Waals surface area (Å²) in [4.78, 5) is 12.0. The molecule has 2 nitrogen and oxygen atoms in total. The van der Waals surface area contributed by atoms with E-state index in [-0.39, 0.29) is 5.91 Å². The number of rotatable bonds is 4. The molecular formula is C14H18BrNO. The van der Waals surface area contributed by atoms with Crippen molar-refractivity contribution in [3.05, 3.63) is 33.8 Å². The molecule has 0 aromatic heterocycles. The van der Waals surface area contributed by atoms with E-state index in [9.17, 15) is 4.79 Å². The maximum Gasteiger partial charge on any atom is 0.251 e. The summed E-state index contributed by atoms with van der Waals surface area (Å²) >= 11 is 3.40. The first kappa shape index (κ1) is 12.6. The minimum absolute atomic E-state index is 0.0446. The van der Waals surface area contributed by atoms with Gasteiger partial charge < -0.3 is 5.32 Å². The number of aryl methyl sites for hydroxylation is 1. The maximum atomic E-state index is 12.0. The number of hydrogen-bond acceptors (Lipinski definition) is 1. The standard InChI is InChI=1S/C14H18BrNO/c1-10-5-6-12(15)9-13(10)14(17)16-8-7-11-3-2-4-11/h5-6,9,11H,2-4,7-8H2,1H3,(H,16,17). The molecule has 0 saturated heterocycles. The molecule has 0 aliphatic heterocycles. The molecule has 1 aromatic rings. The number of carbonyl (C=O) groups is 1. The van der Waals surface area contributed by atoms with E-state index >= 15 is 0 Å². The summed E-state index contributed by atoms with van der Waals surface area (Å²) < 4.78 is 0.951. The van der Waals surface area contributed by atoms with Gasteiger partial charge in [-0.25, -0.2) is 0 Å². The molecule has 0 spiro atoms. The molecular weight excluding hydrogens is 278 g/mol. The summed E-state index contributed by atoms with van der Waals surface area (Å²) in [5.41, 5.74) is 1.79. The monoisotopic (exact) mass is 295 g/mol. The van der Waals surface area contributed by atoms with Gasteiger partial charge in [0.2, 0.25) is 0 Å². The van der Waals surface area contributed by atoms with Gasteiger partial charge in [0.05, 0.1) is 0 Å². The molecule has 2 rings (SSSR count). The van der Waals surface area contributed by atoms with Crippen LogP contribution in [0.4, 0.5) is 0 Å². The van der Waals surface area contributed by atoms with Crippen LogP contribution in [-0.4, -0.2) is 12.5 Å². The molecule has 3 heteroatoms. The van der Waals surface area contributed by atoms with Crippen LogP contribution in [0.1, 0.15) is 41.6 Å². The highest BCUT2D eigenvalue weighted by atomic mass is 79.9. The van der Waals surface area contributed by atoms with E-state index in [1.54, 1.807) is 0 Å². The molecule has 0 radical (unpaired) electrons. The Hall–Kier alpha value is -0.830. The van der Waals surface area contributed by atoms with Crippen molar-refractivity contribution in [3.8, 4) is 0 Å². The zero-order valence-corrected chi connectivity index (χ0v) is 11.7. The van der Waals surface area contributed by atoms with Gasteiger partial charge in [-0.3, -0.25) is 4.79 Å². The first-order chi connectivity index (χ1) is 8.16. The summed E-state index contributed by atoms with van der Waals surface area (Å²) in [5.74, 6) is 0.891. The van der Waals surface area contributed by atoms with Gasteiger partial charge in [-0.15, -0.1) is 0 Å². The number of hydrogen-bond donors (Lipinski definition) is 1. The number of carbonyl (C=O) groups excluding carboxylic acids is 1. The second-order valence-corrected chi connectivity index (χ2v) is 5.72. The van der Waals surface area contributed by atoms with Crippen LogP contribution in [0.5, 0.6) is 0 Å². The lowest BCUT2D eigenvalue weighted by Crippen LogP contribution is -2.27. The van der Waals surface area contributed by atoms with Crippen LogP contribution >= 0.6 is 15.9 Å². The number of halogens is 1. The molecule has 1 fully saturated rings. The molecule has 1 N–H and O–H groups in total. The minimum Gasteiger partial charge on any atom is -0.352 e. The Labute approximate surface area is 111 Å². The van der Waals surface area contributed by atoms with Crippen molar-refractivity contribution in [2.24, 2.45) is 5.92 Å². The third-order valence-electron chi connectivity index (χ3n) is 3.51. The lowest BCUT2D eigenvalue weighted by molar-refractivity contribution is 0.0948. The molecule has 1 saturated carbocycles. The molecule has 1 aliphatic rings. The third-order valence-corrected chi connectivity index (χ3v) is 4.00. The smallest absolute Gasteiger partial charge is 0.251 e. The second-order valence-electron chi connectivity index (χ2n) is 4.80. The largest absolute Gasteiger partial charge is 0.352 e. The summed E-state index contributed by atoms with van der Waals surface area (Å²) in [5, 5.41) is 3.01. The van der Waals surface area contributed by atoms with Crippen LogP contribution in [0.15, 0.2) is 22.7 Å². The van der Waals surface area contributed by atoms with E-state index in [0.717, 1.165) is 34.5 Å². The van der Waals surface area contributed by atoms with E-state index in [4.69, 9.17) is 0 Å². The zero-order chi connectivity index (χ0) is 12.3. The lowest BCUT2D eigenvalue weighted by atomic mass is 9.83. The van der Waals surface area contributed by atoms with E-state index in [1.165, 1.54) is 19.3 Å². The van der Waals surface area contributed by atoms with Crippen LogP contribution in [0, 0.1) is 12.8 Å². The Morgan fingerprint density at radius 2 is 2.24 bits per heavy atom. The second kappa shape index (κ2) is 5.67. The Kier molecular flexibility index (Phi) is 4.21. The Bertz CT molecular complexity index is 413. The lowest BCUT2D eigenvalue weighted by Gasteiger charge is -2.25. The predicted molar refractivity (Wildman–Crippen MR) is 73.2 cm³/mol. The molecule has 17 heavy (non-hydrogen) atoms. The van der Waals surface area contributed by atoms with Gasteiger partial charge in [0, 0.05) is 16.6 Å². The summed E-state index contributed by atoms with van der Waals surface area (Å²) in [7, 11) is 0. The summed E-state index contributed by atoms with van der Waals surface area (Å²) in [6.45, 7) is 2.77. The van der Waals surface area contributed by atoms with E-state index in [0.29, 0.717) is 0 Å². The molecule has 0 unspecified atom stereocenters. The van der Waals surface area contributed by atoms with Crippen LogP contribution < -0.4 is 5.32 Å². The van der Waals surface area contributed by atoms with Gasteiger partial charge >= 0.3 is 0 Å². The fourth-order valence-electron chi connectivity index (χ4n) is 2.11. The Morgan fingerprint density at radius 1 is 1.47 bits per heavy atom. The highest BCUT2D eigenvalue weighted by Crippen LogP contribution is 2.28. The maximum absolute atomic E-state index is 12.0. The van der Waals surface area contributed by atoms with Crippen molar-refractivity contribution in [2.75, 3.05) is 6.54 Å². The van der Waals surface area contributed by atoms with Gasteiger partial charge in [-0.05, 0) is 37.0 Å². The fourth-order valence-corrected chi connectivity index (χ4v) is 2.47. The fraction of sp³-hybridized carbons (Fsp3) is 0.500. The molecule has 1 aliphatic carbocycles. The van der Waals surface area contributed by atoms with Crippen molar-refractivity contribution in [3.63, 3.8) is 0 Å². The number of amides is 1. The van der Waals surface area contributed by atoms with Crippen molar-refractivity contribution >= 4 is 21.8 Å². The number of benzene rings is 1. The van der Waals surface area contributed by atoms with Crippen LogP contribution in [0.25, 0.3) is 0 Å². The summed E-state index contributed by atoms with van der Waals surface area (Å²) in [6, 6.07) is 5.80. The van der Waals surface area contributed by atoms with Crippen LogP contribution in [-0.2, 0) is 0 Å². The first-order valence-electron chi connectivity index (χ1n) is 6.21. The molecule has 0 bridgehead atoms. The van der Waals surface area contributed by atoms with E-state index in [1.807, 2.05) is 25.1 Å². The molecule has 0 heterocycles. The van der Waals surface area contributed by atoms with E-state index < -0.39 is 0 Å². The topological polar surface area (TPSA) is 29.1 Å². The van der Waals surface area contributed by atoms with Crippen molar-refractivity contribution in [1.29, 1.82) is 0 Å². The molecule has 1 aromatic carbocycles. The molecule has 92 valence electrons. The predicted octanol–water partition coefficient (Wildman–Crippen LogP) is 3.68. The Balaban J connectivity index is 1.87. The minimum atomic E-state index is 0.0446. The average molecular weight is 296 g/mol. The number of nitrogens with one attached hydrogen (secondary N) is 1. The average Bonchev–Trinajstić information content (AvgIpc) is 2.25. The Morgan fingerprint density at radius 3 is 2.88 bits per heavy atom. The first-order valence-corrected chi connectivity index (χ1v) is 7.00. The quantitative estimate of drug-likeness (QED) is 0.902. The third kappa shape index (κ3) is 3.32. The van der Waals surface area contributed by atoms with Gasteiger partial charge in [0.1, 0.15) is 0 Å². The van der Waals surface area contributed by atoms with Crippen LogP contribution in [0.3, 0.4) is 0 Å². The van der Waals surface area contributed by atoms with Crippen molar-refractivity contribution < 1.29 is 4.79 Å². The molecule has 0 atom stereocenters. The van der Waals surface area contributed by atoms with Crippen LogP contribution in [0.2, 0.25) is 0 Å². The van der Waals surface area contributed by atoms with E-state index in [2.05, 4.69) is 21.2 Å². The summed E-state index contributed by atoms with van der Waals surface area (Å²) in [6.07, 6.45) is 5.17. The highest BCUT2D eigenvalue weighted by Gasteiger charge is 2.17. The zero-order valence-electron chi connectivity index (χ0n) is 10.1.